The van der Waals surface area contributed by atoms with Crippen molar-refractivity contribution < 1.29 is 9.84 Å². The molecule has 0 aromatic heterocycles. The van der Waals surface area contributed by atoms with E-state index in [1.165, 1.54) is 0 Å². The third-order valence-corrected chi connectivity index (χ3v) is 4.30. The molecule has 2 rings (SSSR count). The van der Waals surface area contributed by atoms with Crippen molar-refractivity contribution in [1.29, 1.82) is 0 Å². The highest BCUT2D eigenvalue weighted by molar-refractivity contribution is 6.26. The Morgan fingerprint density at radius 1 is 1.25 bits per heavy atom. The molecule has 70 valence electrons. The Hall–Kier alpha value is 0.500. The molecule has 2 heterocycles. The molecule has 5 atom stereocenters. The molecule has 2 saturated heterocycles. The van der Waals surface area contributed by atoms with Gasteiger partial charge in [-0.05, 0) is 19.8 Å². The summed E-state index contributed by atoms with van der Waals surface area (Å²) in [4.78, 5) is 0. The van der Waals surface area contributed by atoms with Gasteiger partial charge in [-0.2, -0.15) is 0 Å². The lowest BCUT2D eigenvalue weighted by molar-refractivity contribution is -0.0925. The average Bonchev–Trinajstić information content (AvgIpc) is 2.45. The van der Waals surface area contributed by atoms with Crippen LogP contribution in [0.4, 0.5) is 0 Å². The Morgan fingerprint density at radius 3 is 2.08 bits per heavy atom. The fourth-order valence-corrected chi connectivity index (χ4v) is 2.73. The summed E-state index contributed by atoms with van der Waals surface area (Å²) in [6.45, 7) is 1.69. The van der Waals surface area contributed by atoms with Crippen molar-refractivity contribution in [2.24, 2.45) is 0 Å². The molecule has 0 radical (unpaired) electrons. The van der Waals surface area contributed by atoms with Crippen LogP contribution in [0, 0.1) is 0 Å². The summed E-state index contributed by atoms with van der Waals surface area (Å²) in [5, 5.41) is 9.20. The average molecular weight is 211 g/mol. The molecule has 0 aromatic rings. The van der Waals surface area contributed by atoms with Gasteiger partial charge in [-0.15, -0.1) is 23.2 Å². The van der Waals surface area contributed by atoms with E-state index in [-0.39, 0.29) is 23.0 Å². The highest BCUT2D eigenvalue weighted by Gasteiger charge is 2.54. The van der Waals surface area contributed by atoms with Gasteiger partial charge in [0, 0.05) is 0 Å². The molecular weight excluding hydrogens is 199 g/mol. The quantitative estimate of drug-likeness (QED) is 0.615. The standard InChI is InChI=1S/C8H12Cl2O2/c1-8(11)6(9)4-2-3-5(12-4)7(8)10/h4-7,11H,2-3H2,1H3/t4-,5+,6+,7-,8?. The SMILES string of the molecule is CC1(O)[C@H](Cl)[C@@H]2CC[C@@H](O2)[C@@H]1Cl. The Morgan fingerprint density at radius 2 is 1.67 bits per heavy atom. The zero-order valence-corrected chi connectivity index (χ0v) is 8.35. The molecule has 0 aliphatic carbocycles. The van der Waals surface area contributed by atoms with Gasteiger partial charge in [0.05, 0.1) is 28.6 Å². The van der Waals surface area contributed by atoms with Gasteiger partial charge in [0.2, 0.25) is 0 Å². The Balaban J connectivity index is 2.27. The fraction of sp³-hybridized carbons (Fsp3) is 1.00. The molecule has 12 heavy (non-hydrogen) atoms. The second-order valence-corrected chi connectivity index (χ2v) is 4.76. The van der Waals surface area contributed by atoms with E-state index >= 15 is 0 Å². The van der Waals surface area contributed by atoms with E-state index < -0.39 is 5.60 Å². The lowest BCUT2D eigenvalue weighted by atomic mass is 9.91. The van der Waals surface area contributed by atoms with Gasteiger partial charge in [-0.3, -0.25) is 0 Å². The lowest BCUT2D eigenvalue weighted by Gasteiger charge is -2.41. The van der Waals surface area contributed by atoms with E-state index in [4.69, 9.17) is 27.9 Å². The zero-order valence-electron chi connectivity index (χ0n) is 6.84. The minimum atomic E-state index is -0.993. The van der Waals surface area contributed by atoms with Crippen molar-refractivity contribution >= 4 is 23.2 Å². The van der Waals surface area contributed by atoms with E-state index in [0.717, 1.165) is 12.8 Å². The topological polar surface area (TPSA) is 29.5 Å². The van der Waals surface area contributed by atoms with E-state index in [0.29, 0.717) is 0 Å². The van der Waals surface area contributed by atoms with Crippen LogP contribution < -0.4 is 0 Å². The van der Waals surface area contributed by atoms with Crippen LogP contribution in [0.1, 0.15) is 19.8 Å². The molecule has 2 fully saturated rings. The molecule has 2 bridgehead atoms. The van der Waals surface area contributed by atoms with E-state index in [9.17, 15) is 5.11 Å². The van der Waals surface area contributed by atoms with Crippen LogP contribution in [-0.4, -0.2) is 33.7 Å². The number of hydrogen-bond donors (Lipinski definition) is 1. The number of halogens is 2. The first-order valence-corrected chi connectivity index (χ1v) is 5.06. The van der Waals surface area contributed by atoms with Crippen LogP contribution in [0.15, 0.2) is 0 Å². The summed E-state index contributed by atoms with van der Waals surface area (Å²) in [6, 6.07) is 0. The van der Waals surface area contributed by atoms with E-state index in [2.05, 4.69) is 0 Å². The smallest absolute Gasteiger partial charge is 0.0995 e. The molecule has 2 aliphatic heterocycles. The van der Waals surface area contributed by atoms with Crippen molar-refractivity contribution in [1.82, 2.24) is 0 Å². The van der Waals surface area contributed by atoms with Crippen molar-refractivity contribution in [2.45, 2.75) is 48.3 Å². The van der Waals surface area contributed by atoms with Crippen LogP contribution >= 0.6 is 23.2 Å². The van der Waals surface area contributed by atoms with Gasteiger partial charge >= 0.3 is 0 Å². The molecule has 0 amide bonds. The first-order valence-electron chi connectivity index (χ1n) is 4.19. The molecule has 0 spiro atoms. The number of rotatable bonds is 0. The number of fused-ring (bicyclic) bond motifs is 2. The molecule has 4 heteroatoms. The predicted molar refractivity (Wildman–Crippen MR) is 47.8 cm³/mol. The Labute approximate surface area is 81.8 Å². The predicted octanol–water partition coefficient (Wildman–Crippen LogP) is 1.51. The Bertz CT molecular complexity index is 177. The van der Waals surface area contributed by atoms with Gasteiger partial charge in [0.1, 0.15) is 0 Å². The highest BCUT2D eigenvalue weighted by atomic mass is 35.5. The minimum Gasteiger partial charge on any atom is -0.387 e. The largest absolute Gasteiger partial charge is 0.387 e. The summed E-state index contributed by atoms with van der Waals surface area (Å²) >= 11 is 12.1. The lowest BCUT2D eigenvalue weighted by Crippen LogP contribution is -2.57. The number of alkyl halides is 2. The van der Waals surface area contributed by atoms with Crippen molar-refractivity contribution in [3.05, 3.63) is 0 Å². The van der Waals surface area contributed by atoms with Crippen LogP contribution in [0.3, 0.4) is 0 Å². The number of hydrogen-bond acceptors (Lipinski definition) is 2. The van der Waals surface area contributed by atoms with Crippen molar-refractivity contribution in [2.75, 3.05) is 0 Å². The molecule has 2 aliphatic rings. The molecule has 1 unspecified atom stereocenters. The maximum absolute atomic E-state index is 9.95. The van der Waals surface area contributed by atoms with E-state index in [1.54, 1.807) is 6.92 Å². The van der Waals surface area contributed by atoms with E-state index in [1.807, 2.05) is 0 Å². The Kier molecular flexibility index (Phi) is 2.07. The van der Waals surface area contributed by atoms with Gasteiger partial charge in [0.25, 0.3) is 0 Å². The summed E-state index contributed by atoms with van der Waals surface area (Å²) < 4.78 is 5.53. The first kappa shape index (κ1) is 9.07. The monoisotopic (exact) mass is 210 g/mol. The summed E-state index contributed by atoms with van der Waals surface area (Å²) in [5.74, 6) is 0. The van der Waals surface area contributed by atoms with Crippen LogP contribution in [0.5, 0.6) is 0 Å². The molecule has 0 saturated carbocycles. The van der Waals surface area contributed by atoms with Crippen LogP contribution in [0.25, 0.3) is 0 Å². The number of aliphatic hydroxyl groups is 1. The number of ether oxygens (including phenoxy) is 1. The maximum atomic E-state index is 9.95. The fourth-order valence-electron chi connectivity index (χ4n) is 2.02. The zero-order chi connectivity index (χ0) is 8.93. The third kappa shape index (κ3) is 1.09. The maximum Gasteiger partial charge on any atom is 0.0995 e. The van der Waals surface area contributed by atoms with Gasteiger partial charge in [-0.25, -0.2) is 0 Å². The van der Waals surface area contributed by atoms with Gasteiger partial charge in [-0.1, -0.05) is 0 Å². The molecule has 1 N–H and O–H groups in total. The summed E-state index contributed by atoms with van der Waals surface area (Å²) in [6.07, 6.45) is 1.81. The summed E-state index contributed by atoms with van der Waals surface area (Å²) in [5.41, 5.74) is -0.993. The third-order valence-electron chi connectivity index (χ3n) is 2.85. The second kappa shape index (κ2) is 2.74. The molecular formula is C8H12Cl2O2. The second-order valence-electron chi connectivity index (χ2n) is 3.82. The van der Waals surface area contributed by atoms with Crippen molar-refractivity contribution in [3.8, 4) is 0 Å². The van der Waals surface area contributed by atoms with Crippen LogP contribution in [-0.2, 0) is 4.74 Å². The van der Waals surface area contributed by atoms with Crippen molar-refractivity contribution in [3.63, 3.8) is 0 Å². The van der Waals surface area contributed by atoms with Gasteiger partial charge < -0.3 is 9.84 Å². The minimum absolute atomic E-state index is 0.0123. The molecule has 0 aromatic carbocycles. The normalized spacial score (nSPS) is 59.0. The summed E-state index contributed by atoms with van der Waals surface area (Å²) in [7, 11) is 0. The van der Waals surface area contributed by atoms with Crippen LogP contribution in [0.2, 0.25) is 0 Å². The first-order chi connectivity index (χ1) is 5.53. The highest BCUT2D eigenvalue weighted by Crippen LogP contribution is 2.43. The molecule has 2 nitrogen and oxygen atoms in total. The van der Waals surface area contributed by atoms with Gasteiger partial charge in [0.15, 0.2) is 0 Å².